The number of nitrogens with zero attached hydrogens (tertiary/aromatic N) is 2. The summed E-state index contributed by atoms with van der Waals surface area (Å²) in [6.07, 6.45) is -5.07. The van der Waals surface area contributed by atoms with E-state index in [1.165, 1.54) is 7.11 Å². The number of hydrogen-bond donors (Lipinski definition) is 1. The molecule has 0 radical (unpaired) electrons. The molecule has 8 nitrogen and oxygen atoms in total. The highest BCUT2D eigenvalue weighted by Gasteiger charge is 2.35. The first-order valence-corrected chi connectivity index (χ1v) is 9.24. The number of carboxylic acid groups (broad SMARTS) is 1. The molecule has 2 rings (SSSR count). The maximum absolute atomic E-state index is 14.6. The van der Waals surface area contributed by atoms with Crippen molar-refractivity contribution in [2.24, 2.45) is 7.05 Å². The average Bonchev–Trinajstić information content (AvgIpc) is 2.68. The van der Waals surface area contributed by atoms with Crippen LogP contribution in [-0.4, -0.2) is 33.4 Å². The van der Waals surface area contributed by atoms with Crippen LogP contribution in [0, 0.1) is 5.82 Å². The molecule has 2 aromatic rings. The molecular formula is C19H17ClF4N2O6. The lowest BCUT2D eigenvalue weighted by Crippen LogP contribution is -2.41. The number of halogens is 5. The number of aliphatic carboxylic acids is 1. The molecular weight excluding hydrogens is 464 g/mol. The monoisotopic (exact) mass is 480 g/mol. The zero-order chi connectivity index (χ0) is 24.4. The summed E-state index contributed by atoms with van der Waals surface area (Å²) >= 11 is 5.98. The molecule has 0 aliphatic rings. The molecule has 1 atom stereocenters. The van der Waals surface area contributed by atoms with Gasteiger partial charge in [0, 0.05) is 19.2 Å². The number of hydrogen-bond acceptors (Lipinski definition) is 5. The fourth-order valence-corrected chi connectivity index (χ4v) is 3.00. The fraction of sp³-hybridized carbons (Fsp3) is 0.316. The summed E-state index contributed by atoms with van der Waals surface area (Å²) in [6, 6.07) is 1.71. The van der Waals surface area contributed by atoms with E-state index in [4.69, 9.17) is 26.2 Å². The number of ether oxygens (including phenoxy) is 2. The number of benzene rings is 1. The van der Waals surface area contributed by atoms with E-state index >= 15 is 0 Å². The van der Waals surface area contributed by atoms with E-state index in [9.17, 15) is 31.9 Å². The van der Waals surface area contributed by atoms with Gasteiger partial charge in [0.25, 0.3) is 5.56 Å². The highest BCUT2D eigenvalue weighted by atomic mass is 35.5. The lowest BCUT2D eigenvalue weighted by Gasteiger charge is -2.21. The molecule has 0 saturated heterocycles. The van der Waals surface area contributed by atoms with Crippen molar-refractivity contribution in [3.05, 3.63) is 67.4 Å². The second-order valence-electron chi connectivity index (χ2n) is 6.38. The normalized spacial score (nSPS) is 13.1. The van der Waals surface area contributed by atoms with Crippen molar-refractivity contribution in [2.75, 3.05) is 7.11 Å². The van der Waals surface area contributed by atoms with Gasteiger partial charge in [-0.15, -0.1) is 0 Å². The van der Waals surface area contributed by atoms with Gasteiger partial charge in [-0.25, -0.2) is 18.5 Å². The van der Waals surface area contributed by atoms with Crippen LogP contribution < -0.4 is 16.0 Å². The minimum Gasteiger partial charge on any atom is -0.497 e. The number of methoxy groups -OCH3 is 1. The molecule has 0 saturated carbocycles. The molecule has 1 N–H and O–H groups in total. The molecule has 32 heavy (non-hydrogen) atoms. The molecule has 0 aliphatic heterocycles. The molecule has 0 aliphatic carbocycles. The van der Waals surface area contributed by atoms with E-state index in [2.05, 4.69) is 0 Å². The minimum absolute atomic E-state index is 0.107. The minimum atomic E-state index is -4.99. The van der Waals surface area contributed by atoms with Crippen LogP contribution in [0.3, 0.4) is 0 Å². The van der Waals surface area contributed by atoms with Gasteiger partial charge < -0.3 is 14.6 Å². The summed E-state index contributed by atoms with van der Waals surface area (Å²) in [4.78, 5) is 35.7. The van der Waals surface area contributed by atoms with Crippen molar-refractivity contribution < 1.29 is 36.9 Å². The van der Waals surface area contributed by atoms with Gasteiger partial charge in [-0.05, 0) is 12.5 Å². The highest BCUT2D eigenvalue weighted by molar-refractivity contribution is 6.32. The van der Waals surface area contributed by atoms with Crippen molar-refractivity contribution in [3.63, 3.8) is 0 Å². The molecule has 1 unspecified atom stereocenters. The molecule has 0 spiro atoms. The smallest absolute Gasteiger partial charge is 0.431 e. The predicted molar refractivity (Wildman–Crippen MR) is 105 cm³/mol. The zero-order valence-corrected chi connectivity index (χ0v) is 17.6. The molecule has 1 heterocycles. The SMILES string of the molecule is CCC(Oc1cc(-n2c(=O)cc(C(F)(F)F)n(C)c2=O)c(F)cc1Cl)/C(=C/C(=O)O)OC. The Bertz CT molecular complexity index is 1190. The van der Waals surface area contributed by atoms with Gasteiger partial charge in [0.2, 0.25) is 0 Å². The molecule has 0 fully saturated rings. The lowest BCUT2D eigenvalue weighted by molar-refractivity contribution is -0.144. The molecule has 1 aromatic carbocycles. The van der Waals surface area contributed by atoms with E-state index in [1.807, 2.05) is 0 Å². The van der Waals surface area contributed by atoms with Crippen LogP contribution in [0.5, 0.6) is 5.75 Å². The van der Waals surface area contributed by atoms with Gasteiger partial charge in [0.05, 0.1) is 23.9 Å². The van der Waals surface area contributed by atoms with Crippen molar-refractivity contribution in [1.29, 1.82) is 0 Å². The summed E-state index contributed by atoms with van der Waals surface area (Å²) in [6.45, 7) is 1.62. The fourth-order valence-electron chi connectivity index (χ4n) is 2.80. The van der Waals surface area contributed by atoms with E-state index in [0.29, 0.717) is 6.07 Å². The molecule has 13 heteroatoms. The maximum atomic E-state index is 14.6. The van der Waals surface area contributed by atoms with Crippen LogP contribution in [0.1, 0.15) is 19.0 Å². The highest BCUT2D eigenvalue weighted by Crippen LogP contribution is 2.32. The standard InChI is InChI=1S/C19H17ClF4N2O6/c1-4-12(14(31-3)7-17(28)29)32-13-6-11(10(21)5-9(13)20)26-16(27)8-15(19(22,23)24)25(2)18(26)30/h5-8,12H,4H2,1-3H3,(H,28,29)/b14-7-. The largest absolute Gasteiger partial charge is 0.497 e. The summed E-state index contributed by atoms with van der Waals surface area (Å²) in [5.74, 6) is -2.88. The summed E-state index contributed by atoms with van der Waals surface area (Å²) in [7, 11) is 1.98. The number of alkyl halides is 3. The van der Waals surface area contributed by atoms with Gasteiger partial charge in [0.15, 0.2) is 6.10 Å². The molecule has 0 bridgehead atoms. The third-order valence-corrected chi connectivity index (χ3v) is 4.61. The quantitative estimate of drug-likeness (QED) is 0.371. The Morgan fingerprint density at radius 3 is 2.41 bits per heavy atom. The van der Waals surface area contributed by atoms with Gasteiger partial charge in [-0.2, -0.15) is 13.2 Å². The van der Waals surface area contributed by atoms with Crippen molar-refractivity contribution in [2.45, 2.75) is 25.6 Å². The second kappa shape index (κ2) is 9.47. The van der Waals surface area contributed by atoms with E-state index in [0.717, 1.165) is 19.2 Å². The maximum Gasteiger partial charge on any atom is 0.431 e. The number of carboxylic acids is 1. The Morgan fingerprint density at radius 2 is 1.91 bits per heavy atom. The first kappa shape index (κ1) is 25.0. The predicted octanol–water partition coefficient (Wildman–Crippen LogP) is 3.12. The number of aromatic nitrogens is 2. The van der Waals surface area contributed by atoms with Crippen LogP contribution in [0.2, 0.25) is 5.02 Å². The molecule has 1 aromatic heterocycles. The topological polar surface area (TPSA) is 99.8 Å². The molecule has 0 amide bonds. The first-order valence-electron chi connectivity index (χ1n) is 8.86. The Hall–Kier alpha value is -3.28. The van der Waals surface area contributed by atoms with E-state index in [1.54, 1.807) is 6.92 Å². The van der Waals surface area contributed by atoms with Crippen LogP contribution in [-0.2, 0) is 22.8 Å². The van der Waals surface area contributed by atoms with Crippen LogP contribution in [0.15, 0.2) is 39.6 Å². The van der Waals surface area contributed by atoms with Crippen LogP contribution >= 0.6 is 11.6 Å². The van der Waals surface area contributed by atoms with E-state index in [-0.39, 0.29) is 38.2 Å². The Morgan fingerprint density at radius 1 is 1.28 bits per heavy atom. The summed E-state index contributed by atoms with van der Waals surface area (Å²) < 4.78 is 64.6. The Labute approximate surface area is 182 Å². The number of carbonyl (C=O) groups is 1. The second-order valence-corrected chi connectivity index (χ2v) is 6.79. The zero-order valence-electron chi connectivity index (χ0n) is 16.9. The van der Waals surface area contributed by atoms with Gasteiger partial charge in [-0.3, -0.25) is 9.36 Å². The third-order valence-electron chi connectivity index (χ3n) is 4.31. The van der Waals surface area contributed by atoms with Crippen LogP contribution in [0.25, 0.3) is 5.69 Å². The van der Waals surface area contributed by atoms with Crippen molar-refractivity contribution in [1.82, 2.24) is 9.13 Å². The van der Waals surface area contributed by atoms with Gasteiger partial charge >= 0.3 is 17.8 Å². The lowest BCUT2D eigenvalue weighted by atomic mass is 10.2. The average molecular weight is 481 g/mol. The first-order chi connectivity index (χ1) is 14.8. The van der Waals surface area contributed by atoms with Crippen molar-refractivity contribution in [3.8, 4) is 11.4 Å². The summed E-state index contributed by atoms with van der Waals surface area (Å²) in [5.41, 5.74) is -5.10. The van der Waals surface area contributed by atoms with E-state index < -0.39 is 46.7 Å². The Kier molecular flexibility index (Phi) is 7.39. The third kappa shape index (κ3) is 5.13. The van der Waals surface area contributed by atoms with Crippen LogP contribution in [0.4, 0.5) is 17.6 Å². The van der Waals surface area contributed by atoms with Gasteiger partial charge in [-0.1, -0.05) is 18.5 Å². The summed E-state index contributed by atoms with van der Waals surface area (Å²) in [5, 5.41) is 8.63. The Balaban J connectivity index is 2.67. The number of rotatable bonds is 7. The van der Waals surface area contributed by atoms with Gasteiger partial charge in [0.1, 0.15) is 23.0 Å². The van der Waals surface area contributed by atoms with Crippen molar-refractivity contribution >= 4 is 17.6 Å². The molecule has 174 valence electrons.